The third kappa shape index (κ3) is 2.85. The van der Waals surface area contributed by atoms with Gasteiger partial charge in [-0.25, -0.2) is 4.52 Å². The lowest BCUT2D eigenvalue weighted by atomic mass is 10.1. The predicted molar refractivity (Wildman–Crippen MR) is 97.7 cm³/mol. The molecule has 0 spiro atoms. The van der Waals surface area contributed by atoms with Crippen LogP contribution in [0.2, 0.25) is 0 Å². The Morgan fingerprint density at radius 1 is 1.04 bits per heavy atom. The van der Waals surface area contributed by atoms with Gasteiger partial charge in [0.15, 0.2) is 0 Å². The summed E-state index contributed by atoms with van der Waals surface area (Å²) in [6.45, 7) is 4.72. The molecule has 0 radical (unpaired) electrons. The fourth-order valence-electron chi connectivity index (χ4n) is 2.90. The van der Waals surface area contributed by atoms with Crippen molar-refractivity contribution in [2.45, 2.75) is 20.4 Å². The van der Waals surface area contributed by atoms with Crippen LogP contribution in [0.5, 0.6) is 0 Å². The molecule has 4 rings (SSSR count). The van der Waals surface area contributed by atoms with Gasteiger partial charge in [-0.2, -0.15) is 5.10 Å². The van der Waals surface area contributed by atoms with E-state index in [1.54, 1.807) is 27.7 Å². The summed E-state index contributed by atoms with van der Waals surface area (Å²) in [5, 5.41) is 4.48. The number of nitrogens with zero attached hydrogens (tertiary/aromatic N) is 4. The van der Waals surface area contributed by atoms with Gasteiger partial charge in [-0.05, 0) is 48.7 Å². The van der Waals surface area contributed by atoms with Crippen molar-refractivity contribution in [1.29, 1.82) is 0 Å². The maximum absolute atomic E-state index is 12.8. The molecule has 0 saturated carbocycles. The van der Waals surface area contributed by atoms with E-state index in [0.29, 0.717) is 12.1 Å². The van der Waals surface area contributed by atoms with E-state index in [9.17, 15) is 4.79 Å². The second kappa shape index (κ2) is 6.02. The summed E-state index contributed by atoms with van der Waals surface area (Å²) in [6.07, 6.45) is 7.06. The lowest BCUT2D eigenvalue weighted by Crippen LogP contribution is -2.21. The summed E-state index contributed by atoms with van der Waals surface area (Å²) >= 11 is 0. The summed E-state index contributed by atoms with van der Waals surface area (Å²) in [5.74, 6) is 0. The molecule has 0 fully saturated rings. The van der Waals surface area contributed by atoms with E-state index in [2.05, 4.69) is 42.1 Å². The third-order valence-corrected chi connectivity index (χ3v) is 4.49. The van der Waals surface area contributed by atoms with Crippen LogP contribution in [0, 0.1) is 13.8 Å². The molecule has 124 valence electrons. The Kier molecular flexibility index (Phi) is 3.69. The van der Waals surface area contributed by atoms with Gasteiger partial charge in [-0.3, -0.25) is 9.78 Å². The zero-order valence-electron chi connectivity index (χ0n) is 14.2. The Morgan fingerprint density at radius 3 is 2.68 bits per heavy atom. The maximum atomic E-state index is 12.8. The lowest BCUT2D eigenvalue weighted by Gasteiger charge is -2.08. The molecule has 5 heteroatoms. The summed E-state index contributed by atoms with van der Waals surface area (Å²) in [7, 11) is 0. The van der Waals surface area contributed by atoms with Crippen molar-refractivity contribution in [1.82, 2.24) is 19.2 Å². The van der Waals surface area contributed by atoms with Gasteiger partial charge in [-0.1, -0.05) is 18.2 Å². The van der Waals surface area contributed by atoms with E-state index < -0.39 is 0 Å². The molecule has 0 aliphatic heterocycles. The van der Waals surface area contributed by atoms with Crippen LogP contribution < -0.4 is 5.56 Å². The van der Waals surface area contributed by atoms with Crippen molar-refractivity contribution in [3.8, 4) is 11.3 Å². The first-order chi connectivity index (χ1) is 12.1. The molecule has 0 unspecified atom stereocenters. The molecule has 0 aliphatic rings. The van der Waals surface area contributed by atoms with Crippen molar-refractivity contribution in [2.75, 3.05) is 0 Å². The van der Waals surface area contributed by atoms with Gasteiger partial charge in [-0.15, -0.1) is 0 Å². The quantitative estimate of drug-likeness (QED) is 0.579. The number of fused-ring (bicyclic) bond motifs is 1. The van der Waals surface area contributed by atoms with E-state index in [1.807, 2.05) is 24.4 Å². The average Bonchev–Trinajstić information content (AvgIpc) is 3.06. The smallest absolute Gasteiger partial charge is 0.276 e. The number of pyridine rings is 1. The highest BCUT2D eigenvalue weighted by atomic mass is 16.1. The molecule has 5 nitrogen and oxygen atoms in total. The number of benzene rings is 1. The van der Waals surface area contributed by atoms with Crippen LogP contribution in [0.1, 0.15) is 16.7 Å². The van der Waals surface area contributed by atoms with Gasteiger partial charge in [0.25, 0.3) is 5.56 Å². The molecule has 0 amide bonds. The topological polar surface area (TPSA) is 52.2 Å². The van der Waals surface area contributed by atoms with E-state index in [1.165, 1.54) is 11.1 Å². The molecule has 0 saturated heterocycles. The number of hydrogen-bond donors (Lipinski definition) is 0. The van der Waals surface area contributed by atoms with Crippen LogP contribution >= 0.6 is 0 Å². The minimum absolute atomic E-state index is 0.0524. The molecule has 0 atom stereocenters. The molecule has 3 heterocycles. The van der Waals surface area contributed by atoms with Crippen molar-refractivity contribution in [2.24, 2.45) is 0 Å². The molecule has 3 aromatic heterocycles. The minimum Gasteiger partial charge on any atom is -0.308 e. The number of aromatic nitrogens is 4. The van der Waals surface area contributed by atoms with Crippen LogP contribution in [0.25, 0.3) is 16.8 Å². The first kappa shape index (κ1) is 15.3. The Hall–Kier alpha value is -3.21. The predicted octanol–water partition coefficient (Wildman–Crippen LogP) is 3.22. The fourth-order valence-corrected chi connectivity index (χ4v) is 2.90. The highest BCUT2D eigenvalue weighted by molar-refractivity contribution is 5.64. The van der Waals surface area contributed by atoms with E-state index in [-0.39, 0.29) is 5.56 Å². The molecule has 0 bridgehead atoms. The van der Waals surface area contributed by atoms with E-state index >= 15 is 0 Å². The van der Waals surface area contributed by atoms with Gasteiger partial charge in [0.1, 0.15) is 5.52 Å². The minimum atomic E-state index is -0.0524. The fraction of sp³-hybridized carbons (Fsp3) is 0.150. The molecular formula is C20H18N4O. The first-order valence-electron chi connectivity index (χ1n) is 8.17. The molecule has 0 aliphatic carbocycles. The zero-order chi connectivity index (χ0) is 17.4. The van der Waals surface area contributed by atoms with Crippen LogP contribution in [0.3, 0.4) is 0 Å². The summed E-state index contributed by atoms with van der Waals surface area (Å²) in [5.41, 5.74) is 5.74. The maximum Gasteiger partial charge on any atom is 0.276 e. The molecule has 1 aromatic carbocycles. The van der Waals surface area contributed by atoms with Crippen LogP contribution in [-0.2, 0) is 6.54 Å². The van der Waals surface area contributed by atoms with Crippen molar-refractivity contribution < 1.29 is 0 Å². The monoisotopic (exact) mass is 330 g/mol. The second-order valence-electron chi connectivity index (χ2n) is 6.25. The van der Waals surface area contributed by atoms with Crippen molar-refractivity contribution >= 4 is 5.52 Å². The number of aryl methyl sites for hydroxylation is 2. The van der Waals surface area contributed by atoms with E-state index in [0.717, 1.165) is 16.8 Å². The van der Waals surface area contributed by atoms with Gasteiger partial charge in [0.05, 0.1) is 12.2 Å². The Balaban J connectivity index is 1.75. The SMILES string of the molecule is Cc1ccc(Cn2ccn3nc(-c4cccnc4)cc3c2=O)cc1C. The average molecular weight is 330 g/mol. The van der Waals surface area contributed by atoms with Gasteiger partial charge in [0.2, 0.25) is 0 Å². The Bertz CT molecular complexity index is 1110. The molecule has 0 N–H and O–H groups in total. The van der Waals surface area contributed by atoms with Gasteiger partial charge < -0.3 is 4.57 Å². The third-order valence-electron chi connectivity index (χ3n) is 4.49. The van der Waals surface area contributed by atoms with Gasteiger partial charge >= 0.3 is 0 Å². The Morgan fingerprint density at radius 2 is 1.92 bits per heavy atom. The highest BCUT2D eigenvalue weighted by Gasteiger charge is 2.09. The largest absolute Gasteiger partial charge is 0.308 e. The number of hydrogen-bond acceptors (Lipinski definition) is 3. The standard InChI is InChI=1S/C20H18N4O/c1-14-5-6-16(10-15(14)2)13-23-8-9-24-19(20(23)25)11-18(22-24)17-4-3-7-21-12-17/h3-12H,13H2,1-2H3. The van der Waals surface area contributed by atoms with E-state index in [4.69, 9.17) is 0 Å². The first-order valence-corrected chi connectivity index (χ1v) is 8.17. The number of rotatable bonds is 3. The second-order valence-corrected chi connectivity index (χ2v) is 6.25. The molecule has 25 heavy (non-hydrogen) atoms. The van der Waals surface area contributed by atoms with Crippen LogP contribution in [0.15, 0.2) is 66.0 Å². The Labute approximate surface area is 145 Å². The van der Waals surface area contributed by atoms with Crippen LogP contribution in [0.4, 0.5) is 0 Å². The van der Waals surface area contributed by atoms with Crippen molar-refractivity contribution in [3.05, 3.63) is 88.2 Å². The summed E-state index contributed by atoms with van der Waals surface area (Å²) < 4.78 is 3.34. The normalized spacial score (nSPS) is 11.1. The van der Waals surface area contributed by atoms with Crippen molar-refractivity contribution in [3.63, 3.8) is 0 Å². The summed E-state index contributed by atoms with van der Waals surface area (Å²) in [4.78, 5) is 16.9. The zero-order valence-corrected chi connectivity index (χ0v) is 14.2. The van der Waals surface area contributed by atoms with Gasteiger partial charge in [0, 0.05) is 30.4 Å². The lowest BCUT2D eigenvalue weighted by molar-refractivity contribution is 0.742. The van der Waals surface area contributed by atoms with Crippen LogP contribution in [-0.4, -0.2) is 19.2 Å². The molecular weight excluding hydrogens is 312 g/mol. The summed E-state index contributed by atoms with van der Waals surface area (Å²) in [6, 6.07) is 11.9. The highest BCUT2D eigenvalue weighted by Crippen LogP contribution is 2.17. The molecule has 4 aromatic rings.